The Labute approximate surface area is 309 Å². The van der Waals surface area contributed by atoms with Gasteiger partial charge in [0.25, 0.3) is 0 Å². The fraction of sp³-hybridized carbons (Fsp3) is 0. The highest BCUT2D eigenvalue weighted by atomic mass is 16.3. The Kier molecular flexibility index (Phi) is 6.64. The van der Waals surface area contributed by atoms with Crippen LogP contribution in [0.25, 0.3) is 82.5 Å². The number of hydrogen-bond donors (Lipinski definition) is 0. The molecule has 0 N–H and O–H groups in total. The molecule has 254 valence electrons. The maximum atomic E-state index is 13.3. The number of aromatic nitrogens is 1. The van der Waals surface area contributed by atoms with Gasteiger partial charge in [0, 0.05) is 38.6 Å². The van der Waals surface area contributed by atoms with Crippen molar-refractivity contribution < 1.29 is 8.83 Å². The minimum absolute atomic E-state index is 0.0170. The highest BCUT2D eigenvalue weighted by molar-refractivity contribution is 6.13. The Morgan fingerprint density at radius 1 is 0.407 bits per heavy atom. The van der Waals surface area contributed by atoms with Crippen LogP contribution in [0.1, 0.15) is 0 Å². The highest BCUT2D eigenvalue weighted by Crippen LogP contribution is 2.44. The van der Waals surface area contributed by atoms with Crippen LogP contribution in [0, 0.1) is 0 Å². The molecule has 0 unspecified atom stereocenters. The third-order valence-corrected chi connectivity index (χ3v) is 10.6. The molecule has 0 atom stereocenters. The maximum absolute atomic E-state index is 13.3. The predicted octanol–water partition coefficient (Wildman–Crippen LogP) is 13.1. The second kappa shape index (κ2) is 11.8. The number of fused-ring (bicyclic) bond motifs is 8. The topological polar surface area (TPSA) is 51.5 Å². The molecule has 0 aliphatic carbocycles. The Balaban J connectivity index is 1.13. The summed E-state index contributed by atoms with van der Waals surface area (Å²) in [6.07, 6.45) is 0. The van der Waals surface area contributed by atoms with E-state index in [0.29, 0.717) is 21.9 Å². The molecule has 0 saturated carbocycles. The highest BCUT2D eigenvalue weighted by Gasteiger charge is 2.21. The van der Waals surface area contributed by atoms with Gasteiger partial charge in [0.1, 0.15) is 16.7 Å². The van der Waals surface area contributed by atoms with Crippen LogP contribution < -0.4 is 10.3 Å². The summed E-state index contributed by atoms with van der Waals surface area (Å²) in [6, 6.07) is 62.2. The van der Waals surface area contributed by atoms with E-state index in [9.17, 15) is 4.79 Å². The van der Waals surface area contributed by atoms with Gasteiger partial charge in [-0.2, -0.15) is 0 Å². The normalized spacial score (nSPS) is 11.8. The van der Waals surface area contributed by atoms with Gasteiger partial charge in [-0.3, -0.25) is 4.79 Å². The zero-order valence-electron chi connectivity index (χ0n) is 28.9. The standard InChI is InChI=1S/C49H30N2O3/c52-48-39-17-8-10-21-46(39)53-47-29-32(22-25-40(47)48)31-23-27-42-41(28-31)36-26-24-35(30-44(36)51(42)34-14-5-2-6-15-34)50(33-12-3-1-4-13-33)43-19-11-18-38-37-16-7-9-20-45(37)54-49(38)43/h1-30H. The summed E-state index contributed by atoms with van der Waals surface area (Å²) in [5, 5.41) is 5.61. The molecule has 8 aromatic carbocycles. The zero-order valence-corrected chi connectivity index (χ0v) is 28.9. The first-order valence-corrected chi connectivity index (χ1v) is 18.0. The van der Waals surface area contributed by atoms with Gasteiger partial charge in [-0.15, -0.1) is 0 Å². The zero-order chi connectivity index (χ0) is 35.8. The molecule has 0 aliphatic rings. The fourth-order valence-corrected chi connectivity index (χ4v) is 8.08. The second-order valence-electron chi connectivity index (χ2n) is 13.7. The number of anilines is 3. The van der Waals surface area contributed by atoms with Gasteiger partial charge in [-0.05, 0) is 96.1 Å². The van der Waals surface area contributed by atoms with E-state index in [1.807, 2.05) is 66.7 Å². The van der Waals surface area contributed by atoms with Crippen molar-refractivity contribution in [3.8, 4) is 16.8 Å². The molecule has 0 saturated heterocycles. The third kappa shape index (κ3) is 4.62. The van der Waals surface area contributed by atoms with E-state index in [1.54, 1.807) is 0 Å². The summed E-state index contributed by atoms with van der Waals surface area (Å²) in [5.41, 5.74) is 11.1. The average Bonchev–Trinajstić information content (AvgIpc) is 3.77. The molecular weight excluding hydrogens is 665 g/mol. The molecule has 0 fully saturated rings. The molecule has 5 nitrogen and oxygen atoms in total. The van der Waals surface area contributed by atoms with E-state index in [0.717, 1.165) is 77.6 Å². The summed E-state index contributed by atoms with van der Waals surface area (Å²) in [7, 11) is 0. The van der Waals surface area contributed by atoms with Crippen molar-refractivity contribution >= 4 is 82.7 Å². The van der Waals surface area contributed by atoms with Crippen molar-refractivity contribution in [1.82, 2.24) is 4.57 Å². The lowest BCUT2D eigenvalue weighted by Crippen LogP contribution is -2.10. The smallest absolute Gasteiger partial charge is 0.200 e. The Bertz CT molecular complexity index is 3300. The number of hydrogen-bond acceptors (Lipinski definition) is 4. The Morgan fingerprint density at radius 3 is 1.89 bits per heavy atom. The number of para-hydroxylation sites is 5. The Hall–Kier alpha value is -7.37. The van der Waals surface area contributed by atoms with Crippen LogP contribution in [0.15, 0.2) is 196 Å². The molecule has 0 amide bonds. The molecule has 3 aromatic heterocycles. The molecule has 0 radical (unpaired) electrons. The average molecular weight is 695 g/mol. The van der Waals surface area contributed by atoms with Crippen LogP contribution in [0.2, 0.25) is 0 Å². The first-order valence-electron chi connectivity index (χ1n) is 18.0. The summed E-state index contributed by atoms with van der Waals surface area (Å²) in [5.74, 6) is 0. The summed E-state index contributed by atoms with van der Waals surface area (Å²) < 4.78 is 15.2. The minimum atomic E-state index is -0.0170. The van der Waals surface area contributed by atoms with Crippen LogP contribution in [0.3, 0.4) is 0 Å². The second-order valence-corrected chi connectivity index (χ2v) is 13.7. The van der Waals surface area contributed by atoms with E-state index < -0.39 is 0 Å². The van der Waals surface area contributed by atoms with Crippen LogP contribution in [0.5, 0.6) is 0 Å². The third-order valence-electron chi connectivity index (χ3n) is 10.6. The number of rotatable bonds is 5. The van der Waals surface area contributed by atoms with Gasteiger partial charge in [-0.25, -0.2) is 0 Å². The van der Waals surface area contributed by atoms with Crippen molar-refractivity contribution in [1.29, 1.82) is 0 Å². The number of furan rings is 1. The molecule has 11 rings (SSSR count). The van der Waals surface area contributed by atoms with Crippen LogP contribution in [-0.4, -0.2) is 4.57 Å². The SMILES string of the molecule is O=c1c2ccccc2oc2cc(-c3ccc4c(c3)c3ccc(N(c5ccccc5)c5cccc6c5oc5ccccc56)cc3n4-c3ccccc3)ccc12. The summed E-state index contributed by atoms with van der Waals surface area (Å²) in [4.78, 5) is 15.6. The first kappa shape index (κ1) is 30.3. The van der Waals surface area contributed by atoms with Crippen LogP contribution >= 0.6 is 0 Å². The molecule has 54 heavy (non-hydrogen) atoms. The first-order chi connectivity index (χ1) is 26.7. The quantitative estimate of drug-likeness (QED) is 0.168. The lowest BCUT2D eigenvalue weighted by molar-refractivity contribution is 0.660. The van der Waals surface area contributed by atoms with E-state index in [4.69, 9.17) is 8.83 Å². The largest absolute Gasteiger partial charge is 0.456 e. The molecule has 0 bridgehead atoms. The van der Waals surface area contributed by atoms with Crippen LogP contribution in [-0.2, 0) is 0 Å². The monoisotopic (exact) mass is 694 g/mol. The summed E-state index contributed by atoms with van der Waals surface area (Å²) in [6.45, 7) is 0. The number of benzene rings is 8. The Morgan fingerprint density at radius 2 is 1.06 bits per heavy atom. The maximum Gasteiger partial charge on any atom is 0.200 e. The predicted molar refractivity (Wildman–Crippen MR) is 222 cm³/mol. The van der Waals surface area contributed by atoms with Crippen molar-refractivity contribution in [3.63, 3.8) is 0 Å². The molecule has 0 spiro atoms. The van der Waals surface area contributed by atoms with E-state index in [1.165, 1.54) is 0 Å². The van der Waals surface area contributed by atoms with Crippen molar-refractivity contribution in [2.75, 3.05) is 4.90 Å². The molecule has 5 heteroatoms. The van der Waals surface area contributed by atoms with Gasteiger partial charge in [-0.1, -0.05) is 97.1 Å². The van der Waals surface area contributed by atoms with Crippen molar-refractivity contribution in [3.05, 3.63) is 192 Å². The van der Waals surface area contributed by atoms with Gasteiger partial charge in [0.15, 0.2) is 5.58 Å². The van der Waals surface area contributed by atoms with Crippen molar-refractivity contribution in [2.24, 2.45) is 0 Å². The number of nitrogens with zero attached hydrogens (tertiary/aromatic N) is 2. The van der Waals surface area contributed by atoms with E-state index in [2.05, 4.69) is 125 Å². The van der Waals surface area contributed by atoms with E-state index in [-0.39, 0.29) is 5.43 Å². The van der Waals surface area contributed by atoms with Gasteiger partial charge in [0.05, 0.1) is 27.5 Å². The fourth-order valence-electron chi connectivity index (χ4n) is 8.08. The minimum Gasteiger partial charge on any atom is -0.456 e. The van der Waals surface area contributed by atoms with Gasteiger partial charge in [0.2, 0.25) is 5.43 Å². The van der Waals surface area contributed by atoms with E-state index >= 15 is 0 Å². The van der Waals surface area contributed by atoms with Crippen LogP contribution in [0.4, 0.5) is 17.1 Å². The molecule has 3 heterocycles. The molecule has 0 aliphatic heterocycles. The van der Waals surface area contributed by atoms with Crippen molar-refractivity contribution in [2.45, 2.75) is 0 Å². The molecular formula is C49H30N2O3. The summed E-state index contributed by atoms with van der Waals surface area (Å²) >= 11 is 0. The lowest BCUT2D eigenvalue weighted by Gasteiger charge is -2.25. The van der Waals surface area contributed by atoms with Gasteiger partial charge >= 0.3 is 0 Å². The van der Waals surface area contributed by atoms with Gasteiger partial charge < -0.3 is 18.3 Å². The lowest BCUT2D eigenvalue weighted by atomic mass is 10.0. The molecule has 11 aromatic rings.